The predicted octanol–water partition coefficient (Wildman–Crippen LogP) is 2.84. The highest BCUT2D eigenvalue weighted by atomic mass is 19.2. The molecule has 1 atom stereocenters. The van der Waals surface area contributed by atoms with Crippen molar-refractivity contribution in [1.82, 2.24) is 4.90 Å². The van der Waals surface area contributed by atoms with Crippen LogP contribution in [-0.2, 0) is 0 Å². The first-order valence-corrected chi connectivity index (χ1v) is 7.08. The van der Waals surface area contributed by atoms with Gasteiger partial charge in [0.05, 0.1) is 0 Å². The van der Waals surface area contributed by atoms with E-state index in [2.05, 4.69) is 4.90 Å². The van der Waals surface area contributed by atoms with Gasteiger partial charge < -0.3 is 5.73 Å². The van der Waals surface area contributed by atoms with Gasteiger partial charge in [-0.25, -0.2) is 8.78 Å². The van der Waals surface area contributed by atoms with Crippen LogP contribution >= 0.6 is 0 Å². The van der Waals surface area contributed by atoms with Gasteiger partial charge >= 0.3 is 0 Å². The Morgan fingerprint density at radius 3 is 2.47 bits per heavy atom. The van der Waals surface area contributed by atoms with Crippen molar-refractivity contribution in [1.29, 1.82) is 0 Å². The van der Waals surface area contributed by atoms with Crippen LogP contribution in [0, 0.1) is 17.6 Å². The van der Waals surface area contributed by atoms with Crippen molar-refractivity contribution in [2.24, 2.45) is 11.7 Å². The summed E-state index contributed by atoms with van der Waals surface area (Å²) in [4.78, 5) is 2.43. The van der Waals surface area contributed by atoms with E-state index >= 15 is 0 Å². The Balaban J connectivity index is 1.64. The zero-order valence-electron chi connectivity index (χ0n) is 11.0. The fourth-order valence-electron chi connectivity index (χ4n) is 2.55. The number of halogens is 2. The molecule has 0 saturated heterocycles. The average molecular weight is 266 g/mol. The maximum Gasteiger partial charge on any atom is 0.159 e. The van der Waals surface area contributed by atoms with Crippen molar-refractivity contribution in [3.05, 3.63) is 35.4 Å². The fourth-order valence-corrected chi connectivity index (χ4v) is 2.55. The molecule has 3 rings (SSSR count). The maximum atomic E-state index is 13.2. The van der Waals surface area contributed by atoms with E-state index in [-0.39, 0.29) is 6.04 Å². The summed E-state index contributed by atoms with van der Waals surface area (Å²) in [7, 11) is 0. The first-order chi connectivity index (χ1) is 9.13. The second-order valence-corrected chi connectivity index (χ2v) is 5.91. The minimum Gasteiger partial charge on any atom is -0.323 e. The Bertz CT molecular complexity index is 455. The van der Waals surface area contributed by atoms with E-state index in [1.165, 1.54) is 31.7 Å². The molecule has 0 spiro atoms. The smallest absolute Gasteiger partial charge is 0.159 e. The third-order valence-corrected chi connectivity index (χ3v) is 4.06. The summed E-state index contributed by atoms with van der Waals surface area (Å²) in [6.07, 6.45) is 5.14. The molecule has 1 aromatic rings. The summed E-state index contributed by atoms with van der Waals surface area (Å²) in [5, 5.41) is 0. The lowest BCUT2D eigenvalue weighted by molar-refractivity contribution is 0.237. The lowest BCUT2D eigenvalue weighted by Crippen LogP contribution is -2.35. The topological polar surface area (TPSA) is 29.3 Å². The molecule has 0 aromatic heterocycles. The van der Waals surface area contributed by atoms with Crippen LogP contribution in [0.2, 0.25) is 0 Å². The number of nitrogens with zero attached hydrogens (tertiary/aromatic N) is 1. The van der Waals surface area contributed by atoms with Gasteiger partial charge in [0.2, 0.25) is 0 Å². The highest BCUT2D eigenvalue weighted by Crippen LogP contribution is 2.35. The largest absolute Gasteiger partial charge is 0.323 e. The summed E-state index contributed by atoms with van der Waals surface area (Å²) in [6, 6.07) is 4.40. The Morgan fingerprint density at radius 1 is 1.16 bits per heavy atom. The van der Waals surface area contributed by atoms with Crippen molar-refractivity contribution in [2.75, 3.05) is 13.1 Å². The Morgan fingerprint density at radius 2 is 1.89 bits per heavy atom. The molecule has 2 aliphatic rings. The van der Waals surface area contributed by atoms with E-state index in [0.29, 0.717) is 11.6 Å². The number of hydrogen-bond acceptors (Lipinski definition) is 2. The fraction of sp³-hybridized carbons (Fsp3) is 0.600. The van der Waals surface area contributed by atoms with Gasteiger partial charge in [-0.05, 0) is 49.3 Å². The van der Waals surface area contributed by atoms with Crippen molar-refractivity contribution >= 4 is 0 Å². The van der Waals surface area contributed by atoms with E-state index in [4.69, 9.17) is 5.73 Å². The zero-order valence-corrected chi connectivity index (χ0v) is 11.0. The molecule has 2 nitrogen and oxygen atoms in total. The Kier molecular flexibility index (Phi) is 3.54. The van der Waals surface area contributed by atoms with Crippen LogP contribution in [0.3, 0.4) is 0 Å². The van der Waals surface area contributed by atoms with Gasteiger partial charge in [-0.2, -0.15) is 0 Å². The minimum atomic E-state index is -0.812. The molecule has 2 fully saturated rings. The van der Waals surface area contributed by atoms with Gasteiger partial charge in [0.15, 0.2) is 11.6 Å². The Hall–Kier alpha value is -1.00. The van der Waals surface area contributed by atoms with Crippen molar-refractivity contribution < 1.29 is 8.78 Å². The van der Waals surface area contributed by atoms with Gasteiger partial charge in [0.1, 0.15) is 0 Å². The molecule has 2 aliphatic carbocycles. The van der Waals surface area contributed by atoms with Crippen LogP contribution in [0.15, 0.2) is 18.2 Å². The van der Waals surface area contributed by atoms with Crippen LogP contribution in [-0.4, -0.2) is 24.0 Å². The van der Waals surface area contributed by atoms with Crippen molar-refractivity contribution in [3.63, 3.8) is 0 Å². The number of rotatable bonds is 6. The number of benzene rings is 1. The summed E-state index contributed by atoms with van der Waals surface area (Å²) >= 11 is 0. The highest BCUT2D eigenvalue weighted by molar-refractivity contribution is 5.21. The normalized spacial score (nSPS) is 20.8. The maximum absolute atomic E-state index is 13.2. The second-order valence-electron chi connectivity index (χ2n) is 5.91. The van der Waals surface area contributed by atoms with Gasteiger partial charge in [-0.1, -0.05) is 6.07 Å². The molecule has 2 saturated carbocycles. The molecule has 1 unspecified atom stereocenters. The standard InChI is InChI=1S/C15H20F2N2/c16-13-6-3-11(7-14(13)17)15(18)9-19(12-4-5-12)8-10-1-2-10/h3,6-7,10,12,15H,1-2,4-5,8-9,18H2. The van der Waals surface area contributed by atoms with E-state index in [1.54, 1.807) is 6.07 Å². The third kappa shape index (κ3) is 3.31. The molecular weight excluding hydrogens is 246 g/mol. The molecule has 0 aliphatic heterocycles. The van der Waals surface area contributed by atoms with Crippen molar-refractivity contribution in [2.45, 2.75) is 37.8 Å². The van der Waals surface area contributed by atoms with Crippen molar-refractivity contribution in [3.8, 4) is 0 Å². The van der Waals surface area contributed by atoms with E-state index in [9.17, 15) is 8.78 Å². The summed E-state index contributed by atoms with van der Waals surface area (Å²) < 4.78 is 26.1. The minimum absolute atomic E-state index is 0.241. The molecule has 19 heavy (non-hydrogen) atoms. The van der Waals surface area contributed by atoms with Crippen LogP contribution in [0.25, 0.3) is 0 Å². The highest BCUT2D eigenvalue weighted by Gasteiger charge is 2.34. The second kappa shape index (κ2) is 5.17. The van der Waals surface area contributed by atoms with E-state index in [0.717, 1.165) is 25.1 Å². The summed E-state index contributed by atoms with van der Waals surface area (Å²) in [6.45, 7) is 1.86. The predicted molar refractivity (Wildman–Crippen MR) is 70.6 cm³/mol. The monoisotopic (exact) mass is 266 g/mol. The van der Waals surface area contributed by atoms with Gasteiger partial charge in [-0.15, -0.1) is 0 Å². The van der Waals surface area contributed by atoms with Crippen LogP contribution in [0.4, 0.5) is 8.78 Å². The first-order valence-electron chi connectivity index (χ1n) is 7.08. The van der Waals surface area contributed by atoms with Crippen LogP contribution in [0.1, 0.15) is 37.3 Å². The van der Waals surface area contributed by atoms with Crippen LogP contribution < -0.4 is 5.73 Å². The molecule has 0 bridgehead atoms. The summed E-state index contributed by atoms with van der Waals surface area (Å²) in [5.41, 5.74) is 6.83. The van der Waals surface area contributed by atoms with E-state index < -0.39 is 11.6 Å². The quantitative estimate of drug-likeness (QED) is 0.858. The van der Waals surface area contributed by atoms with E-state index in [1.807, 2.05) is 0 Å². The third-order valence-electron chi connectivity index (χ3n) is 4.06. The molecule has 0 radical (unpaired) electrons. The molecular formula is C15H20F2N2. The lowest BCUT2D eigenvalue weighted by atomic mass is 10.1. The molecule has 0 heterocycles. The average Bonchev–Trinajstić information content (AvgIpc) is 3.25. The molecule has 0 amide bonds. The number of hydrogen-bond donors (Lipinski definition) is 1. The van der Waals surface area contributed by atoms with Gasteiger partial charge in [0, 0.05) is 25.2 Å². The molecule has 1 aromatic carbocycles. The number of nitrogens with two attached hydrogens (primary N) is 1. The molecule has 4 heteroatoms. The molecule has 104 valence electrons. The van der Waals surface area contributed by atoms with Gasteiger partial charge in [0.25, 0.3) is 0 Å². The summed E-state index contributed by atoms with van der Waals surface area (Å²) in [5.74, 6) is -0.793. The SMILES string of the molecule is NC(CN(CC1CC1)C1CC1)c1ccc(F)c(F)c1. The zero-order chi connectivity index (χ0) is 13.4. The lowest BCUT2D eigenvalue weighted by Gasteiger charge is -2.25. The first kappa shape index (κ1) is 13.0. The van der Waals surface area contributed by atoms with Crippen LogP contribution in [0.5, 0.6) is 0 Å². The van der Waals surface area contributed by atoms with Gasteiger partial charge in [-0.3, -0.25) is 4.90 Å². The molecule has 2 N–H and O–H groups in total. The Labute approximate surface area is 112 Å².